The van der Waals surface area contributed by atoms with Crippen LogP contribution in [0.1, 0.15) is 47.8 Å². The minimum Gasteiger partial charge on any atom is -0.477 e. The van der Waals surface area contributed by atoms with Crippen LogP contribution in [0, 0.1) is 6.92 Å². The fraction of sp³-hybridized carbons (Fsp3) is 0.588. The summed E-state index contributed by atoms with van der Waals surface area (Å²) in [5.41, 5.74) is 2.26. The third-order valence-electron chi connectivity index (χ3n) is 4.95. The largest absolute Gasteiger partial charge is 0.477 e. The molecule has 0 spiro atoms. The van der Waals surface area contributed by atoms with Crippen LogP contribution in [0.25, 0.3) is 0 Å². The molecular formula is C17H22N4O2S. The third-order valence-corrected chi connectivity index (χ3v) is 5.29. The first-order valence-electron chi connectivity index (χ1n) is 8.52. The third kappa shape index (κ3) is 3.02. The fourth-order valence-electron chi connectivity index (χ4n) is 3.57. The van der Waals surface area contributed by atoms with Gasteiger partial charge in [-0.25, -0.2) is 4.98 Å². The van der Waals surface area contributed by atoms with Crippen molar-refractivity contribution in [3.05, 3.63) is 35.2 Å². The number of hydrogen-bond donors (Lipinski definition) is 1. The smallest absolute Gasteiger partial charge is 0.219 e. The van der Waals surface area contributed by atoms with Gasteiger partial charge in [-0.2, -0.15) is 12.6 Å². The molecule has 1 atom stereocenters. The average molecular weight is 346 g/mol. The van der Waals surface area contributed by atoms with Crippen molar-refractivity contribution in [3.63, 3.8) is 0 Å². The molecule has 24 heavy (non-hydrogen) atoms. The first kappa shape index (κ1) is 15.9. The van der Waals surface area contributed by atoms with Crippen molar-refractivity contribution in [2.24, 2.45) is 0 Å². The van der Waals surface area contributed by atoms with Crippen molar-refractivity contribution in [2.45, 2.75) is 38.1 Å². The highest BCUT2D eigenvalue weighted by molar-refractivity contribution is 7.80. The molecule has 0 radical (unpaired) electrons. The Morgan fingerprint density at radius 1 is 1.29 bits per heavy atom. The predicted molar refractivity (Wildman–Crippen MR) is 92.6 cm³/mol. The Balaban J connectivity index is 1.45. The van der Waals surface area contributed by atoms with E-state index in [-0.39, 0.29) is 6.04 Å². The zero-order chi connectivity index (χ0) is 16.5. The van der Waals surface area contributed by atoms with E-state index in [9.17, 15) is 0 Å². The molecule has 128 valence electrons. The van der Waals surface area contributed by atoms with Crippen LogP contribution in [0.2, 0.25) is 0 Å². The van der Waals surface area contributed by atoms with Crippen molar-refractivity contribution in [3.8, 4) is 5.88 Å². The summed E-state index contributed by atoms with van der Waals surface area (Å²) in [7, 11) is 0. The van der Waals surface area contributed by atoms with E-state index in [1.807, 2.05) is 6.92 Å². The zero-order valence-electron chi connectivity index (χ0n) is 13.8. The van der Waals surface area contributed by atoms with Gasteiger partial charge < -0.3 is 9.15 Å². The van der Waals surface area contributed by atoms with E-state index < -0.39 is 0 Å². The Kier molecular flexibility index (Phi) is 4.45. The highest BCUT2D eigenvalue weighted by Gasteiger charge is 2.30. The van der Waals surface area contributed by atoms with Gasteiger partial charge in [0.05, 0.1) is 18.3 Å². The zero-order valence-corrected chi connectivity index (χ0v) is 14.7. The summed E-state index contributed by atoms with van der Waals surface area (Å²) in [6.45, 7) is 4.55. The van der Waals surface area contributed by atoms with Crippen LogP contribution in [0.3, 0.4) is 0 Å². The Morgan fingerprint density at radius 2 is 2.12 bits per heavy atom. The molecule has 1 saturated heterocycles. The molecule has 6 nitrogen and oxygen atoms in total. The number of rotatable bonds is 4. The lowest BCUT2D eigenvalue weighted by Crippen LogP contribution is -2.37. The Labute approximate surface area is 147 Å². The standard InChI is InChI=1S/C17H22N4O2S/c1-11-19-20-17(23-11)13-4-7-21(8-5-13)15(10-24)14-3-2-12-6-9-22-16(12)18-14/h2-3,13,15,24H,4-10H2,1H3. The minimum atomic E-state index is 0.216. The van der Waals surface area contributed by atoms with Crippen LogP contribution in [-0.4, -0.2) is 45.5 Å². The molecule has 2 aromatic heterocycles. The van der Waals surface area contributed by atoms with Crippen LogP contribution in [-0.2, 0) is 6.42 Å². The summed E-state index contributed by atoms with van der Waals surface area (Å²) >= 11 is 4.57. The van der Waals surface area contributed by atoms with Crippen molar-refractivity contribution in [2.75, 3.05) is 25.4 Å². The molecule has 0 N–H and O–H groups in total. The van der Waals surface area contributed by atoms with Crippen LogP contribution >= 0.6 is 12.6 Å². The van der Waals surface area contributed by atoms with E-state index in [4.69, 9.17) is 14.1 Å². The van der Waals surface area contributed by atoms with Crippen molar-refractivity contribution in [1.82, 2.24) is 20.1 Å². The number of piperidine rings is 1. The van der Waals surface area contributed by atoms with Gasteiger partial charge in [-0.1, -0.05) is 6.07 Å². The Bertz CT molecular complexity index is 712. The van der Waals surface area contributed by atoms with Crippen LogP contribution in [0.5, 0.6) is 5.88 Å². The maximum absolute atomic E-state index is 5.62. The van der Waals surface area contributed by atoms with Crippen molar-refractivity contribution < 1.29 is 9.15 Å². The summed E-state index contributed by atoms with van der Waals surface area (Å²) in [6, 6.07) is 4.49. The molecule has 4 rings (SSSR count). The number of likely N-dealkylation sites (tertiary alicyclic amines) is 1. The molecule has 2 aliphatic rings. The average Bonchev–Trinajstić information content (AvgIpc) is 3.24. The second-order valence-electron chi connectivity index (χ2n) is 6.47. The van der Waals surface area contributed by atoms with Gasteiger partial charge in [0.25, 0.3) is 0 Å². The molecule has 2 aliphatic heterocycles. The normalized spacial score (nSPS) is 19.9. The lowest BCUT2D eigenvalue weighted by atomic mass is 9.95. The summed E-state index contributed by atoms with van der Waals surface area (Å²) < 4.78 is 11.2. The molecule has 2 aromatic rings. The minimum absolute atomic E-state index is 0.216. The topological polar surface area (TPSA) is 64.3 Å². The van der Waals surface area contributed by atoms with E-state index >= 15 is 0 Å². The molecule has 0 bridgehead atoms. The molecule has 4 heterocycles. The monoisotopic (exact) mass is 346 g/mol. The second kappa shape index (κ2) is 6.72. The fourth-order valence-corrected chi connectivity index (χ4v) is 3.99. The quantitative estimate of drug-likeness (QED) is 0.859. The van der Waals surface area contributed by atoms with Gasteiger partial charge in [0.2, 0.25) is 17.7 Å². The number of pyridine rings is 1. The number of hydrogen-bond acceptors (Lipinski definition) is 7. The van der Waals surface area contributed by atoms with Gasteiger partial charge >= 0.3 is 0 Å². The lowest BCUT2D eigenvalue weighted by Gasteiger charge is -2.35. The molecule has 0 aliphatic carbocycles. The van der Waals surface area contributed by atoms with Gasteiger partial charge in [0, 0.05) is 30.6 Å². The molecule has 1 unspecified atom stereocenters. The molecule has 0 aromatic carbocycles. The van der Waals surface area contributed by atoms with Crippen LogP contribution < -0.4 is 4.74 Å². The first-order valence-corrected chi connectivity index (χ1v) is 9.15. The van der Waals surface area contributed by atoms with E-state index in [1.54, 1.807) is 0 Å². The summed E-state index contributed by atoms with van der Waals surface area (Å²) in [4.78, 5) is 7.18. The van der Waals surface area contributed by atoms with Crippen molar-refractivity contribution in [1.29, 1.82) is 0 Å². The molecular weight excluding hydrogens is 324 g/mol. The van der Waals surface area contributed by atoms with Crippen molar-refractivity contribution >= 4 is 12.6 Å². The van der Waals surface area contributed by atoms with Gasteiger partial charge in [0.15, 0.2) is 0 Å². The summed E-state index contributed by atoms with van der Waals surface area (Å²) in [6.07, 6.45) is 3.00. The molecule has 0 amide bonds. The number of thiol groups is 1. The maximum Gasteiger partial charge on any atom is 0.219 e. The number of aryl methyl sites for hydroxylation is 1. The van der Waals surface area contributed by atoms with E-state index in [2.05, 4.69) is 39.9 Å². The Hall–Kier alpha value is -1.60. The maximum atomic E-state index is 5.62. The van der Waals surface area contributed by atoms with Crippen LogP contribution in [0.15, 0.2) is 16.5 Å². The van der Waals surface area contributed by atoms with Gasteiger partial charge in [-0.15, -0.1) is 10.2 Å². The second-order valence-corrected chi connectivity index (χ2v) is 6.83. The molecule has 7 heteroatoms. The lowest BCUT2D eigenvalue weighted by molar-refractivity contribution is 0.153. The molecule has 1 fully saturated rings. The predicted octanol–water partition coefficient (Wildman–Crippen LogP) is 2.56. The number of fused-ring (bicyclic) bond motifs is 1. The summed E-state index contributed by atoms with van der Waals surface area (Å²) in [5.74, 6) is 3.33. The SMILES string of the molecule is Cc1nnc(C2CCN(C(CS)c3ccc4c(n3)OCC4)CC2)o1. The van der Waals surface area contributed by atoms with E-state index in [0.29, 0.717) is 11.8 Å². The van der Waals surface area contributed by atoms with E-state index in [1.165, 1.54) is 5.56 Å². The first-order chi connectivity index (χ1) is 11.7. The van der Waals surface area contributed by atoms with Crippen LogP contribution in [0.4, 0.5) is 0 Å². The van der Waals surface area contributed by atoms with Gasteiger partial charge in [0.1, 0.15) is 0 Å². The van der Waals surface area contributed by atoms with Gasteiger partial charge in [-0.3, -0.25) is 4.90 Å². The number of nitrogens with zero attached hydrogens (tertiary/aromatic N) is 4. The van der Waals surface area contributed by atoms with E-state index in [0.717, 1.165) is 62.2 Å². The molecule has 0 saturated carbocycles. The number of aromatic nitrogens is 3. The van der Waals surface area contributed by atoms with Gasteiger partial charge in [-0.05, 0) is 32.0 Å². The highest BCUT2D eigenvalue weighted by Crippen LogP contribution is 2.33. The summed E-state index contributed by atoms with van der Waals surface area (Å²) in [5, 5.41) is 8.12. The Morgan fingerprint density at radius 3 is 2.83 bits per heavy atom. The number of ether oxygens (including phenoxy) is 1. The highest BCUT2D eigenvalue weighted by atomic mass is 32.1.